The third-order valence-electron chi connectivity index (χ3n) is 2.62. The van der Waals surface area contributed by atoms with Gasteiger partial charge in [0.05, 0.1) is 6.20 Å². The summed E-state index contributed by atoms with van der Waals surface area (Å²) in [6.45, 7) is 2.85. The van der Waals surface area contributed by atoms with Crippen molar-refractivity contribution in [2.45, 2.75) is 19.8 Å². The lowest BCUT2D eigenvalue weighted by molar-refractivity contribution is 0.814. The lowest BCUT2D eigenvalue weighted by Crippen LogP contribution is -2.05. The Balaban J connectivity index is 2.34. The normalized spacial score (nSPS) is 10.1. The van der Waals surface area contributed by atoms with Crippen LogP contribution in [0.5, 0.6) is 0 Å². The number of rotatable bonds is 5. The predicted octanol–water partition coefficient (Wildman–Crippen LogP) is 1.33. The average molecular weight is 257 g/mol. The van der Waals surface area contributed by atoms with Gasteiger partial charge in [-0.2, -0.15) is 9.94 Å². The molecule has 98 valence electrons. The minimum absolute atomic E-state index is 0.266. The summed E-state index contributed by atoms with van der Waals surface area (Å²) in [7, 11) is 0. The van der Waals surface area contributed by atoms with Crippen LogP contribution < -0.4 is 11.1 Å². The molecule has 2 rings (SSSR count). The minimum Gasteiger partial charge on any atom is -0.382 e. The summed E-state index contributed by atoms with van der Waals surface area (Å²) in [5.41, 5.74) is 6.26. The van der Waals surface area contributed by atoms with Crippen LogP contribution in [-0.2, 0) is 0 Å². The van der Waals surface area contributed by atoms with Crippen molar-refractivity contribution in [3.63, 3.8) is 0 Å². The number of nitriles is 1. The van der Waals surface area contributed by atoms with E-state index in [1.165, 1.54) is 4.68 Å². The molecule has 0 fully saturated rings. The van der Waals surface area contributed by atoms with Gasteiger partial charge >= 0.3 is 0 Å². The number of anilines is 2. The molecule has 0 saturated carbocycles. The fourth-order valence-corrected chi connectivity index (χ4v) is 1.62. The van der Waals surface area contributed by atoms with Crippen LogP contribution >= 0.6 is 0 Å². The first-order valence-corrected chi connectivity index (χ1v) is 6.06. The molecule has 7 heteroatoms. The van der Waals surface area contributed by atoms with Gasteiger partial charge in [0.25, 0.3) is 0 Å². The molecule has 0 radical (unpaired) electrons. The van der Waals surface area contributed by atoms with Crippen molar-refractivity contribution in [1.82, 2.24) is 19.7 Å². The molecular formula is C12H15N7. The van der Waals surface area contributed by atoms with Gasteiger partial charge in [-0.25, -0.2) is 4.98 Å². The number of nitrogens with zero attached hydrogens (tertiary/aromatic N) is 5. The molecule has 0 atom stereocenters. The zero-order valence-electron chi connectivity index (χ0n) is 10.7. The second kappa shape index (κ2) is 5.82. The summed E-state index contributed by atoms with van der Waals surface area (Å²) in [4.78, 5) is 8.08. The number of unbranched alkanes of at least 4 members (excludes halogenated alkanes) is 1. The average Bonchev–Trinajstić information content (AvgIpc) is 2.76. The molecule has 3 N–H and O–H groups in total. The summed E-state index contributed by atoms with van der Waals surface area (Å²) >= 11 is 0. The van der Waals surface area contributed by atoms with Crippen LogP contribution in [0.1, 0.15) is 25.3 Å². The van der Waals surface area contributed by atoms with Gasteiger partial charge in [0, 0.05) is 18.9 Å². The molecule has 0 saturated heterocycles. The molecule has 0 unspecified atom stereocenters. The van der Waals surface area contributed by atoms with Crippen molar-refractivity contribution in [2.75, 3.05) is 17.6 Å². The van der Waals surface area contributed by atoms with Crippen LogP contribution in [0.15, 0.2) is 18.6 Å². The van der Waals surface area contributed by atoms with Crippen LogP contribution in [0.3, 0.4) is 0 Å². The first-order chi connectivity index (χ1) is 9.27. The minimum atomic E-state index is 0.266. The fraction of sp³-hybridized carbons (Fsp3) is 0.333. The van der Waals surface area contributed by atoms with Gasteiger partial charge in [-0.1, -0.05) is 13.3 Å². The topological polar surface area (TPSA) is 105 Å². The number of nitrogen functional groups attached to an aromatic ring is 1. The number of hydrogen-bond acceptors (Lipinski definition) is 6. The summed E-state index contributed by atoms with van der Waals surface area (Å²) in [5, 5.41) is 16.5. The van der Waals surface area contributed by atoms with Crippen molar-refractivity contribution in [3.05, 3.63) is 24.2 Å². The highest BCUT2D eigenvalue weighted by molar-refractivity contribution is 5.65. The van der Waals surface area contributed by atoms with Gasteiger partial charge in [-0.05, 0) is 6.42 Å². The maximum Gasteiger partial charge on any atom is 0.174 e. The third kappa shape index (κ3) is 2.63. The van der Waals surface area contributed by atoms with Gasteiger partial charge < -0.3 is 11.1 Å². The second-order valence-corrected chi connectivity index (χ2v) is 3.98. The molecule has 7 nitrogen and oxygen atoms in total. The van der Waals surface area contributed by atoms with E-state index in [1.807, 2.05) is 0 Å². The molecule has 0 spiro atoms. The Kier molecular flexibility index (Phi) is 3.93. The fourth-order valence-electron chi connectivity index (χ4n) is 1.62. The van der Waals surface area contributed by atoms with Gasteiger partial charge in [0.1, 0.15) is 17.5 Å². The van der Waals surface area contributed by atoms with Crippen molar-refractivity contribution in [3.8, 4) is 11.9 Å². The monoisotopic (exact) mass is 257 g/mol. The van der Waals surface area contributed by atoms with Crippen LogP contribution in [0.25, 0.3) is 5.82 Å². The van der Waals surface area contributed by atoms with Crippen LogP contribution in [0.2, 0.25) is 0 Å². The molecule has 0 aliphatic rings. The van der Waals surface area contributed by atoms with E-state index in [1.54, 1.807) is 18.6 Å². The molecule has 2 heterocycles. The Morgan fingerprint density at radius 1 is 1.47 bits per heavy atom. The van der Waals surface area contributed by atoms with Crippen molar-refractivity contribution in [2.24, 2.45) is 0 Å². The summed E-state index contributed by atoms with van der Waals surface area (Å²) < 4.78 is 1.42. The molecule has 0 aliphatic heterocycles. The molecule has 0 bridgehead atoms. The van der Waals surface area contributed by atoms with Gasteiger partial charge in [0.2, 0.25) is 0 Å². The van der Waals surface area contributed by atoms with Gasteiger partial charge in [-0.3, -0.25) is 4.98 Å². The zero-order chi connectivity index (χ0) is 13.7. The molecular weight excluding hydrogens is 242 g/mol. The highest BCUT2D eigenvalue weighted by Crippen LogP contribution is 2.22. The number of nitrogens with one attached hydrogen (secondary N) is 1. The highest BCUT2D eigenvalue weighted by atomic mass is 15.4. The van der Waals surface area contributed by atoms with Crippen molar-refractivity contribution in [1.29, 1.82) is 5.26 Å². The molecule has 2 aromatic heterocycles. The van der Waals surface area contributed by atoms with Crippen molar-refractivity contribution >= 4 is 11.6 Å². The van der Waals surface area contributed by atoms with E-state index >= 15 is 0 Å². The molecule has 0 aromatic carbocycles. The lowest BCUT2D eigenvalue weighted by atomic mass is 10.3. The largest absolute Gasteiger partial charge is 0.382 e. The van der Waals surface area contributed by atoms with E-state index in [9.17, 15) is 0 Å². The Labute approximate surface area is 111 Å². The van der Waals surface area contributed by atoms with Crippen LogP contribution in [0.4, 0.5) is 11.6 Å². The maximum absolute atomic E-state index is 9.16. The summed E-state index contributed by atoms with van der Waals surface area (Å²) in [5.74, 6) is 1.24. The summed E-state index contributed by atoms with van der Waals surface area (Å²) in [6, 6.07) is 2.06. The zero-order valence-corrected chi connectivity index (χ0v) is 10.7. The van der Waals surface area contributed by atoms with Gasteiger partial charge in [0.15, 0.2) is 11.6 Å². The Morgan fingerprint density at radius 3 is 2.95 bits per heavy atom. The Hall–Kier alpha value is -2.62. The van der Waals surface area contributed by atoms with E-state index in [2.05, 4.69) is 33.4 Å². The van der Waals surface area contributed by atoms with E-state index in [0.717, 1.165) is 19.4 Å². The molecule has 0 aliphatic carbocycles. The smallest absolute Gasteiger partial charge is 0.174 e. The van der Waals surface area contributed by atoms with E-state index in [-0.39, 0.29) is 5.82 Å². The molecule has 2 aromatic rings. The van der Waals surface area contributed by atoms with E-state index < -0.39 is 0 Å². The number of hydrogen-bond donors (Lipinski definition) is 2. The maximum atomic E-state index is 9.16. The quantitative estimate of drug-likeness (QED) is 0.783. The molecule has 19 heavy (non-hydrogen) atoms. The van der Waals surface area contributed by atoms with Crippen molar-refractivity contribution < 1.29 is 0 Å². The second-order valence-electron chi connectivity index (χ2n) is 3.98. The molecule has 0 amide bonds. The number of nitrogens with two attached hydrogens (primary N) is 1. The van der Waals surface area contributed by atoms with Crippen LogP contribution in [0, 0.1) is 11.3 Å². The highest BCUT2D eigenvalue weighted by Gasteiger charge is 2.16. The number of aromatic nitrogens is 4. The standard InChI is InChI=1S/C12H15N7/c1-2-3-4-17-12-9(7-13)11(14)19(18-12)10-8-15-5-6-16-10/h5-6,8H,2-4,14H2,1H3,(H,17,18). The Bertz CT molecular complexity index is 582. The lowest BCUT2D eigenvalue weighted by Gasteiger charge is -2.01. The van der Waals surface area contributed by atoms with Gasteiger partial charge in [-0.15, -0.1) is 5.10 Å². The SMILES string of the molecule is CCCCNc1nn(-c2cnccn2)c(N)c1C#N. The summed E-state index contributed by atoms with van der Waals surface area (Å²) in [6.07, 6.45) is 6.72. The third-order valence-corrected chi connectivity index (χ3v) is 2.62. The first-order valence-electron chi connectivity index (χ1n) is 6.06. The van der Waals surface area contributed by atoms with E-state index in [0.29, 0.717) is 17.2 Å². The first kappa shape index (κ1) is 12.8. The predicted molar refractivity (Wildman–Crippen MR) is 71.7 cm³/mol. The van der Waals surface area contributed by atoms with Crippen LogP contribution in [-0.4, -0.2) is 26.3 Å². The van der Waals surface area contributed by atoms with E-state index in [4.69, 9.17) is 11.0 Å². The Morgan fingerprint density at radius 2 is 2.32 bits per heavy atom.